The van der Waals surface area contributed by atoms with E-state index >= 15 is 0 Å². The van der Waals surface area contributed by atoms with Crippen LogP contribution in [-0.2, 0) is 4.79 Å². The van der Waals surface area contributed by atoms with Crippen LogP contribution in [0.2, 0.25) is 5.02 Å². The van der Waals surface area contributed by atoms with Gasteiger partial charge < -0.3 is 5.32 Å². The summed E-state index contributed by atoms with van der Waals surface area (Å²) >= 11 is 6.00. The standard InChI is InChI=1S/C17H19ClN2O/c1-12-9-10-14(18)11-15(12)19-17(21)16(20(2)3)13-7-5-4-6-8-13/h4-11,16H,1-3H3,(H,19,21). The van der Waals surface area contributed by atoms with E-state index in [0.717, 1.165) is 16.8 Å². The van der Waals surface area contributed by atoms with Crippen molar-refractivity contribution < 1.29 is 4.79 Å². The second-order valence-electron chi connectivity index (χ2n) is 5.23. The summed E-state index contributed by atoms with van der Waals surface area (Å²) in [5.41, 5.74) is 2.69. The number of benzene rings is 2. The van der Waals surface area contributed by atoms with Crippen LogP contribution in [0.15, 0.2) is 48.5 Å². The van der Waals surface area contributed by atoms with E-state index < -0.39 is 0 Å². The molecule has 0 spiro atoms. The molecular weight excluding hydrogens is 284 g/mol. The third-order valence-corrected chi connectivity index (χ3v) is 3.57. The summed E-state index contributed by atoms with van der Waals surface area (Å²) in [4.78, 5) is 14.5. The van der Waals surface area contributed by atoms with Crippen LogP contribution in [0.4, 0.5) is 5.69 Å². The van der Waals surface area contributed by atoms with Gasteiger partial charge in [-0.25, -0.2) is 0 Å². The molecule has 0 fully saturated rings. The molecule has 1 N–H and O–H groups in total. The minimum atomic E-state index is -0.343. The van der Waals surface area contributed by atoms with Crippen LogP contribution < -0.4 is 5.32 Å². The van der Waals surface area contributed by atoms with Crippen molar-refractivity contribution in [3.05, 3.63) is 64.7 Å². The van der Waals surface area contributed by atoms with E-state index in [4.69, 9.17) is 11.6 Å². The first-order chi connectivity index (χ1) is 9.99. The highest BCUT2D eigenvalue weighted by Crippen LogP contribution is 2.24. The van der Waals surface area contributed by atoms with Gasteiger partial charge in [0.05, 0.1) is 0 Å². The van der Waals surface area contributed by atoms with Gasteiger partial charge in [0, 0.05) is 10.7 Å². The molecule has 2 aromatic rings. The van der Waals surface area contributed by atoms with Crippen LogP contribution in [0, 0.1) is 6.92 Å². The van der Waals surface area contributed by atoms with E-state index in [1.54, 1.807) is 6.07 Å². The van der Waals surface area contributed by atoms with Crippen molar-refractivity contribution in [2.24, 2.45) is 0 Å². The average Bonchev–Trinajstić information content (AvgIpc) is 2.44. The summed E-state index contributed by atoms with van der Waals surface area (Å²) in [6, 6.07) is 14.8. The zero-order valence-corrected chi connectivity index (χ0v) is 13.2. The maximum Gasteiger partial charge on any atom is 0.246 e. The second kappa shape index (κ2) is 6.74. The van der Waals surface area contributed by atoms with E-state index in [2.05, 4.69) is 5.32 Å². The number of anilines is 1. The predicted molar refractivity (Wildman–Crippen MR) is 87.7 cm³/mol. The highest BCUT2D eigenvalue weighted by molar-refractivity contribution is 6.31. The van der Waals surface area contributed by atoms with Crippen LogP contribution in [0.3, 0.4) is 0 Å². The predicted octanol–water partition coefficient (Wildman–Crippen LogP) is 3.89. The van der Waals surface area contributed by atoms with E-state index in [1.807, 2.05) is 68.4 Å². The van der Waals surface area contributed by atoms with Gasteiger partial charge in [0.25, 0.3) is 0 Å². The number of rotatable bonds is 4. The summed E-state index contributed by atoms with van der Waals surface area (Å²) in [7, 11) is 3.78. The molecule has 0 aliphatic carbocycles. The first kappa shape index (κ1) is 15.5. The zero-order valence-electron chi connectivity index (χ0n) is 12.4. The van der Waals surface area contributed by atoms with Crippen molar-refractivity contribution in [3.8, 4) is 0 Å². The van der Waals surface area contributed by atoms with Gasteiger partial charge in [-0.1, -0.05) is 48.0 Å². The first-order valence-electron chi connectivity index (χ1n) is 6.77. The average molecular weight is 303 g/mol. The lowest BCUT2D eigenvalue weighted by Gasteiger charge is -2.24. The Morgan fingerprint density at radius 1 is 1.14 bits per heavy atom. The molecule has 0 heterocycles. The number of nitrogens with one attached hydrogen (secondary N) is 1. The molecule has 0 aromatic heterocycles. The molecule has 0 saturated carbocycles. The molecule has 0 aliphatic heterocycles. The number of hydrogen-bond donors (Lipinski definition) is 1. The SMILES string of the molecule is Cc1ccc(Cl)cc1NC(=O)C(c1ccccc1)N(C)C. The normalized spacial score (nSPS) is 12.2. The maximum absolute atomic E-state index is 12.6. The van der Waals surface area contributed by atoms with Crippen molar-refractivity contribution in [3.63, 3.8) is 0 Å². The lowest BCUT2D eigenvalue weighted by Crippen LogP contribution is -2.32. The molecular formula is C17H19ClN2O. The highest BCUT2D eigenvalue weighted by atomic mass is 35.5. The van der Waals surface area contributed by atoms with Crippen LogP contribution in [0.5, 0.6) is 0 Å². The molecule has 1 unspecified atom stereocenters. The fourth-order valence-electron chi connectivity index (χ4n) is 2.25. The Labute approximate surface area is 130 Å². The summed E-state index contributed by atoms with van der Waals surface area (Å²) in [6.07, 6.45) is 0. The number of likely N-dealkylation sites (N-methyl/N-ethyl adjacent to an activating group) is 1. The molecule has 110 valence electrons. The highest BCUT2D eigenvalue weighted by Gasteiger charge is 2.23. The molecule has 4 heteroatoms. The van der Waals surface area contributed by atoms with E-state index in [0.29, 0.717) is 5.02 Å². The van der Waals surface area contributed by atoms with E-state index in [9.17, 15) is 4.79 Å². The van der Waals surface area contributed by atoms with Gasteiger partial charge in [0.2, 0.25) is 5.91 Å². The molecule has 0 aliphatic rings. The lowest BCUT2D eigenvalue weighted by atomic mass is 10.0. The van der Waals surface area contributed by atoms with Crippen LogP contribution >= 0.6 is 11.6 Å². The van der Waals surface area contributed by atoms with Crippen LogP contribution in [0.1, 0.15) is 17.2 Å². The monoisotopic (exact) mass is 302 g/mol. The molecule has 1 amide bonds. The van der Waals surface area contributed by atoms with Crippen molar-refractivity contribution >= 4 is 23.2 Å². The minimum absolute atomic E-state index is 0.0726. The topological polar surface area (TPSA) is 32.3 Å². The number of nitrogens with zero attached hydrogens (tertiary/aromatic N) is 1. The van der Waals surface area contributed by atoms with Crippen molar-refractivity contribution in [2.75, 3.05) is 19.4 Å². The van der Waals surface area contributed by atoms with Gasteiger partial charge in [0.15, 0.2) is 0 Å². The van der Waals surface area contributed by atoms with Gasteiger partial charge in [-0.2, -0.15) is 0 Å². The van der Waals surface area contributed by atoms with Gasteiger partial charge in [-0.05, 0) is 44.3 Å². The Bertz CT molecular complexity index is 626. The number of carbonyl (C=O) groups excluding carboxylic acids is 1. The molecule has 0 bridgehead atoms. The van der Waals surface area contributed by atoms with Crippen LogP contribution in [-0.4, -0.2) is 24.9 Å². The fraction of sp³-hybridized carbons (Fsp3) is 0.235. The molecule has 0 radical (unpaired) electrons. The van der Waals surface area contributed by atoms with Crippen molar-refractivity contribution in [2.45, 2.75) is 13.0 Å². The van der Waals surface area contributed by atoms with Crippen molar-refractivity contribution in [1.82, 2.24) is 4.90 Å². The lowest BCUT2D eigenvalue weighted by molar-refractivity contribution is -0.120. The largest absolute Gasteiger partial charge is 0.324 e. The number of halogens is 1. The third kappa shape index (κ3) is 3.84. The minimum Gasteiger partial charge on any atom is -0.324 e. The van der Waals surface area contributed by atoms with Gasteiger partial charge in [0.1, 0.15) is 6.04 Å². The molecule has 2 rings (SSSR count). The van der Waals surface area contributed by atoms with E-state index in [1.165, 1.54) is 0 Å². The van der Waals surface area contributed by atoms with Crippen LogP contribution in [0.25, 0.3) is 0 Å². The van der Waals surface area contributed by atoms with Gasteiger partial charge in [-0.3, -0.25) is 9.69 Å². The molecule has 2 aromatic carbocycles. The number of amides is 1. The summed E-state index contributed by atoms with van der Waals surface area (Å²) < 4.78 is 0. The second-order valence-corrected chi connectivity index (χ2v) is 5.66. The van der Waals surface area contributed by atoms with E-state index in [-0.39, 0.29) is 11.9 Å². The molecule has 3 nitrogen and oxygen atoms in total. The Morgan fingerprint density at radius 3 is 2.43 bits per heavy atom. The summed E-state index contributed by atoms with van der Waals surface area (Å²) in [6.45, 7) is 1.94. The molecule has 0 saturated heterocycles. The Morgan fingerprint density at radius 2 is 1.81 bits per heavy atom. The Hall–Kier alpha value is -1.84. The van der Waals surface area contributed by atoms with Gasteiger partial charge >= 0.3 is 0 Å². The Balaban J connectivity index is 2.26. The number of aryl methyl sites for hydroxylation is 1. The Kier molecular flexibility index (Phi) is 4.99. The number of carbonyl (C=O) groups is 1. The fourth-order valence-corrected chi connectivity index (χ4v) is 2.42. The molecule has 21 heavy (non-hydrogen) atoms. The quantitative estimate of drug-likeness (QED) is 0.929. The summed E-state index contributed by atoms with van der Waals surface area (Å²) in [5, 5.41) is 3.57. The first-order valence-corrected chi connectivity index (χ1v) is 7.15. The maximum atomic E-state index is 12.6. The number of hydrogen-bond acceptors (Lipinski definition) is 2. The smallest absolute Gasteiger partial charge is 0.246 e. The zero-order chi connectivity index (χ0) is 15.4. The van der Waals surface area contributed by atoms with Crippen molar-refractivity contribution in [1.29, 1.82) is 0 Å². The molecule has 1 atom stereocenters. The van der Waals surface area contributed by atoms with Gasteiger partial charge in [-0.15, -0.1) is 0 Å². The third-order valence-electron chi connectivity index (χ3n) is 3.34. The summed E-state index contributed by atoms with van der Waals surface area (Å²) in [5.74, 6) is -0.0726.